The van der Waals surface area contributed by atoms with Gasteiger partial charge in [0.05, 0.1) is 0 Å². The number of hydrogen-bond acceptors (Lipinski definition) is 2. The van der Waals surface area contributed by atoms with Crippen LogP contribution in [-0.4, -0.2) is 6.54 Å². The lowest BCUT2D eigenvalue weighted by atomic mass is 10.2. The second kappa shape index (κ2) is 5.12. The molecule has 0 bridgehead atoms. The molecule has 0 saturated heterocycles. The Hall–Kier alpha value is -1.35. The normalized spacial score (nSPS) is 10.4. The summed E-state index contributed by atoms with van der Waals surface area (Å²) in [5.74, 6) is -0.182. The second-order valence-corrected chi connectivity index (χ2v) is 4.81. The van der Waals surface area contributed by atoms with E-state index in [1.807, 2.05) is 19.1 Å². The second-order valence-electron chi connectivity index (χ2n) is 3.77. The Kier molecular flexibility index (Phi) is 3.57. The lowest BCUT2D eigenvalue weighted by Crippen LogP contribution is -2.04. The molecule has 0 amide bonds. The van der Waals surface area contributed by atoms with E-state index < -0.39 is 0 Å². The highest BCUT2D eigenvalue weighted by molar-refractivity contribution is 7.09. The van der Waals surface area contributed by atoms with Gasteiger partial charge in [0.25, 0.3) is 0 Å². The third-order valence-electron chi connectivity index (χ3n) is 2.32. The number of thiophene rings is 1. The number of hydrogen-bond donors (Lipinski definition) is 1. The van der Waals surface area contributed by atoms with Crippen molar-refractivity contribution in [1.82, 2.24) is 0 Å². The van der Waals surface area contributed by atoms with Gasteiger partial charge in [-0.25, -0.2) is 4.39 Å². The third-order valence-corrected chi connectivity index (χ3v) is 3.26. The molecule has 1 N–H and O–H groups in total. The quantitative estimate of drug-likeness (QED) is 0.848. The van der Waals surface area contributed by atoms with E-state index in [2.05, 4.69) is 16.8 Å². The van der Waals surface area contributed by atoms with Crippen LogP contribution < -0.4 is 5.32 Å². The molecule has 3 heteroatoms. The van der Waals surface area contributed by atoms with Gasteiger partial charge in [-0.15, -0.1) is 11.3 Å². The fourth-order valence-electron chi connectivity index (χ4n) is 1.62. The Balaban J connectivity index is 1.89. The van der Waals surface area contributed by atoms with Crippen LogP contribution >= 0.6 is 11.3 Å². The Labute approximate surface area is 98.9 Å². The SMILES string of the molecule is Cc1cc(F)cc(NCCc2cccs2)c1. The maximum Gasteiger partial charge on any atom is 0.125 e. The van der Waals surface area contributed by atoms with Crippen molar-refractivity contribution in [3.8, 4) is 0 Å². The summed E-state index contributed by atoms with van der Waals surface area (Å²) in [7, 11) is 0. The molecule has 2 rings (SSSR count). The van der Waals surface area contributed by atoms with Gasteiger partial charge >= 0.3 is 0 Å². The number of rotatable bonds is 4. The standard InChI is InChI=1S/C13H14FNS/c1-10-7-11(14)9-12(8-10)15-5-4-13-3-2-6-16-13/h2-3,6-9,15H,4-5H2,1H3. The Morgan fingerprint density at radius 1 is 1.31 bits per heavy atom. The molecule has 1 heterocycles. The van der Waals surface area contributed by atoms with Crippen LogP contribution in [0.5, 0.6) is 0 Å². The van der Waals surface area contributed by atoms with E-state index in [4.69, 9.17) is 0 Å². The van der Waals surface area contributed by atoms with Crippen LogP contribution in [0, 0.1) is 12.7 Å². The highest BCUT2D eigenvalue weighted by Gasteiger charge is 1.98. The minimum absolute atomic E-state index is 0.182. The van der Waals surface area contributed by atoms with Crippen LogP contribution in [0.4, 0.5) is 10.1 Å². The van der Waals surface area contributed by atoms with Gasteiger partial charge in [-0.1, -0.05) is 6.07 Å². The van der Waals surface area contributed by atoms with Crippen LogP contribution in [0.3, 0.4) is 0 Å². The summed E-state index contributed by atoms with van der Waals surface area (Å²) in [6.07, 6.45) is 0.979. The molecule has 0 atom stereocenters. The maximum atomic E-state index is 13.1. The van der Waals surface area contributed by atoms with Crippen molar-refractivity contribution in [3.05, 3.63) is 52.0 Å². The summed E-state index contributed by atoms with van der Waals surface area (Å²) in [6, 6.07) is 9.18. The monoisotopic (exact) mass is 235 g/mol. The van der Waals surface area contributed by atoms with Gasteiger partial charge < -0.3 is 5.32 Å². The van der Waals surface area contributed by atoms with Crippen molar-refractivity contribution in [2.45, 2.75) is 13.3 Å². The lowest BCUT2D eigenvalue weighted by molar-refractivity contribution is 0.627. The first-order chi connectivity index (χ1) is 7.74. The smallest absolute Gasteiger partial charge is 0.125 e. The number of anilines is 1. The van der Waals surface area contributed by atoms with Crippen molar-refractivity contribution < 1.29 is 4.39 Å². The van der Waals surface area contributed by atoms with Gasteiger partial charge in [-0.2, -0.15) is 0 Å². The number of halogens is 1. The van der Waals surface area contributed by atoms with Crippen LogP contribution in [0.1, 0.15) is 10.4 Å². The van der Waals surface area contributed by atoms with Crippen molar-refractivity contribution in [1.29, 1.82) is 0 Å². The van der Waals surface area contributed by atoms with Gasteiger partial charge in [0.2, 0.25) is 0 Å². The van der Waals surface area contributed by atoms with Crippen LogP contribution in [0.25, 0.3) is 0 Å². The molecular formula is C13H14FNS. The number of aryl methyl sites for hydroxylation is 1. The van der Waals surface area contributed by atoms with Crippen molar-refractivity contribution in [2.24, 2.45) is 0 Å². The van der Waals surface area contributed by atoms with E-state index in [0.29, 0.717) is 0 Å². The molecule has 84 valence electrons. The Bertz CT molecular complexity index is 431. The molecule has 0 aliphatic carbocycles. The van der Waals surface area contributed by atoms with Crippen LogP contribution in [-0.2, 0) is 6.42 Å². The summed E-state index contributed by atoms with van der Waals surface area (Å²) in [6.45, 7) is 2.73. The fraction of sp³-hybridized carbons (Fsp3) is 0.231. The third kappa shape index (κ3) is 3.07. The average molecular weight is 235 g/mol. The van der Waals surface area contributed by atoms with E-state index in [0.717, 1.165) is 24.2 Å². The van der Waals surface area contributed by atoms with Gasteiger partial charge in [0.1, 0.15) is 5.82 Å². The zero-order valence-corrected chi connectivity index (χ0v) is 9.98. The number of benzene rings is 1. The maximum absolute atomic E-state index is 13.1. The molecule has 0 spiro atoms. The minimum atomic E-state index is -0.182. The predicted octanol–water partition coefficient (Wildman–Crippen LogP) is 3.85. The molecule has 1 aromatic carbocycles. The molecule has 0 radical (unpaired) electrons. The molecular weight excluding hydrogens is 221 g/mol. The number of nitrogens with one attached hydrogen (secondary N) is 1. The molecule has 2 aromatic rings. The minimum Gasteiger partial charge on any atom is -0.385 e. The molecule has 0 saturated carbocycles. The summed E-state index contributed by atoms with van der Waals surface area (Å²) in [5, 5.41) is 5.30. The van der Waals surface area contributed by atoms with E-state index in [-0.39, 0.29) is 5.82 Å². The molecule has 0 aliphatic heterocycles. The van der Waals surface area contributed by atoms with E-state index in [1.165, 1.54) is 17.0 Å². The first-order valence-electron chi connectivity index (χ1n) is 5.27. The van der Waals surface area contributed by atoms with Crippen LogP contribution in [0.15, 0.2) is 35.7 Å². The highest BCUT2D eigenvalue weighted by atomic mass is 32.1. The van der Waals surface area contributed by atoms with Crippen molar-refractivity contribution in [2.75, 3.05) is 11.9 Å². The first kappa shape index (κ1) is 11.1. The fourth-order valence-corrected chi connectivity index (χ4v) is 2.33. The van der Waals surface area contributed by atoms with E-state index >= 15 is 0 Å². The van der Waals surface area contributed by atoms with Crippen molar-refractivity contribution in [3.63, 3.8) is 0 Å². The molecule has 0 fully saturated rings. The summed E-state index contributed by atoms with van der Waals surface area (Å²) >= 11 is 1.75. The van der Waals surface area contributed by atoms with Crippen molar-refractivity contribution >= 4 is 17.0 Å². The van der Waals surface area contributed by atoms with Gasteiger partial charge in [-0.05, 0) is 48.6 Å². The molecule has 0 unspecified atom stereocenters. The highest BCUT2D eigenvalue weighted by Crippen LogP contribution is 2.14. The lowest BCUT2D eigenvalue weighted by Gasteiger charge is -2.06. The molecule has 1 nitrogen and oxygen atoms in total. The predicted molar refractivity (Wildman–Crippen MR) is 67.6 cm³/mol. The zero-order valence-electron chi connectivity index (χ0n) is 9.16. The van der Waals surface area contributed by atoms with E-state index in [9.17, 15) is 4.39 Å². The zero-order chi connectivity index (χ0) is 11.4. The Morgan fingerprint density at radius 3 is 2.88 bits per heavy atom. The summed E-state index contributed by atoms with van der Waals surface area (Å²) in [5.41, 5.74) is 1.80. The topological polar surface area (TPSA) is 12.0 Å². The van der Waals surface area contributed by atoms with Crippen LogP contribution in [0.2, 0.25) is 0 Å². The van der Waals surface area contributed by atoms with Gasteiger partial charge in [0, 0.05) is 17.1 Å². The van der Waals surface area contributed by atoms with E-state index in [1.54, 1.807) is 11.3 Å². The summed E-state index contributed by atoms with van der Waals surface area (Å²) in [4.78, 5) is 1.35. The molecule has 16 heavy (non-hydrogen) atoms. The summed E-state index contributed by atoms with van der Waals surface area (Å²) < 4.78 is 13.1. The van der Waals surface area contributed by atoms with Gasteiger partial charge in [0.15, 0.2) is 0 Å². The molecule has 0 aliphatic rings. The largest absolute Gasteiger partial charge is 0.385 e. The van der Waals surface area contributed by atoms with Gasteiger partial charge in [-0.3, -0.25) is 0 Å². The first-order valence-corrected chi connectivity index (χ1v) is 6.15. The average Bonchev–Trinajstić information content (AvgIpc) is 2.69. The Morgan fingerprint density at radius 2 is 2.19 bits per heavy atom. The molecule has 1 aromatic heterocycles.